The predicted octanol–water partition coefficient (Wildman–Crippen LogP) is 1.90. The van der Waals surface area contributed by atoms with E-state index in [4.69, 9.17) is 22.2 Å². The van der Waals surface area contributed by atoms with Crippen LogP contribution in [0.1, 0.15) is 36.0 Å². The van der Waals surface area contributed by atoms with E-state index in [1.54, 1.807) is 0 Å². The van der Waals surface area contributed by atoms with Gasteiger partial charge in [-0.05, 0) is 24.7 Å². The Balaban J connectivity index is 2.89. The van der Waals surface area contributed by atoms with Gasteiger partial charge in [0.15, 0.2) is 0 Å². The molecule has 0 unspecified atom stereocenters. The standard InChI is InChI=1S/C11H17N3/c1-9-3-6-14(7-4-9)10-2-5-13-11(12)8-10/h2,5,8-9H,3-4,6-7H2,1H3,(H2,12,13)/i1D3,3D2,4D2,6D2,7D2,9D. The fourth-order valence-corrected chi connectivity index (χ4v) is 0.988. The first-order chi connectivity index (χ1) is 11.4. The molecule has 1 aromatic rings. The van der Waals surface area contributed by atoms with Gasteiger partial charge < -0.3 is 10.6 Å². The average Bonchev–Trinajstić information content (AvgIpc) is 2.42. The van der Waals surface area contributed by atoms with Gasteiger partial charge in [-0.15, -0.1) is 0 Å². The number of hydrogen-bond acceptors (Lipinski definition) is 3. The van der Waals surface area contributed by atoms with Crippen LogP contribution in [0.15, 0.2) is 18.3 Å². The van der Waals surface area contributed by atoms with E-state index in [0.717, 1.165) is 18.3 Å². The van der Waals surface area contributed by atoms with Crippen molar-refractivity contribution < 1.29 is 16.4 Å². The number of pyridine rings is 1. The van der Waals surface area contributed by atoms with Gasteiger partial charge in [-0.1, -0.05) is 6.85 Å². The van der Waals surface area contributed by atoms with Crippen LogP contribution in [0.3, 0.4) is 0 Å². The average molecular weight is 203 g/mol. The Labute approximate surface area is 102 Å². The number of nitrogens with zero attached hydrogens (tertiary/aromatic N) is 2. The molecule has 0 aliphatic carbocycles. The van der Waals surface area contributed by atoms with Crippen LogP contribution in [0.4, 0.5) is 11.5 Å². The Hall–Kier alpha value is -1.25. The van der Waals surface area contributed by atoms with Crippen molar-refractivity contribution in [2.45, 2.75) is 19.6 Å². The summed E-state index contributed by atoms with van der Waals surface area (Å²) in [6.07, 6.45) is -6.19. The zero-order valence-electron chi connectivity index (χ0n) is 19.2. The van der Waals surface area contributed by atoms with Gasteiger partial charge in [0.05, 0.1) is 0 Å². The van der Waals surface area contributed by atoms with Crippen molar-refractivity contribution in [2.24, 2.45) is 5.89 Å². The van der Waals surface area contributed by atoms with Gasteiger partial charge in [0.2, 0.25) is 0 Å². The van der Waals surface area contributed by atoms with Gasteiger partial charge in [-0.2, -0.15) is 0 Å². The Morgan fingerprint density at radius 1 is 1.71 bits per heavy atom. The van der Waals surface area contributed by atoms with Crippen LogP contribution in [0.2, 0.25) is 0 Å². The van der Waals surface area contributed by atoms with Crippen molar-refractivity contribution in [1.82, 2.24) is 4.98 Å². The molecule has 14 heavy (non-hydrogen) atoms. The molecular weight excluding hydrogens is 174 g/mol. The predicted molar refractivity (Wildman–Crippen MR) is 59.3 cm³/mol. The van der Waals surface area contributed by atoms with Crippen LogP contribution in [0.5, 0.6) is 0 Å². The van der Waals surface area contributed by atoms with E-state index in [-0.39, 0.29) is 16.4 Å². The first kappa shape index (κ1) is 2.65. The van der Waals surface area contributed by atoms with Gasteiger partial charge in [0.1, 0.15) is 5.82 Å². The Bertz CT molecular complexity index is 685. The zero-order chi connectivity index (χ0) is 20.6. The van der Waals surface area contributed by atoms with Crippen molar-refractivity contribution in [2.75, 3.05) is 23.6 Å². The summed E-state index contributed by atoms with van der Waals surface area (Å²) in [5, 5.41) is 0. The Morgan fingerprint density at radius 2 is 2.50 bits per heavy atom. The molecule has 0 bridgehead atoms. The number of hydrogen-bond donors (Lipinski definition) is 1. The summed E-state index contributed by atoms with van der Waals surface area (Å²) in [7, 11) is 0. The third-order valence-electron chi connectivity index (χ3n) is 1.61. The minimum atomic E-state index is -3.74. The SMILES string of the molecule is [2H]C([2H])([2H])C1([2H])C([2H])([2H])C([2H])([2H])N(c2ccnc(N)c2)C([2H])([2H])C1([2H])[2H]. The van der Waals surface area contributed by atoms with Gasteiger partial charge >= 0.3 is 0 Å². The monoisotopic (exact) mass is 203 g/mol. The second-order valence-corrected chi connectivity index (χ2v) is 2.62. The highest BCUT2D eigenvalue weighted by molar-refractivity contribution is 5.52. The normalized spacial score (nSPS) is 48.7. The second kappa shape index (κ2) is 3.86. The van der Waals surface area contributed by atoms with Gasteiger partial charge in [-0.3, -0.25) is 0 Å². The molecule has 76 valence electrons. The van der Waals surface area contributed by atoms with E-state index in [2.05, 4.69) is 4.98 Å². The van der Waals surface area contributed by atoms with E-state index in [9.17, 15) is 0 Å². The highest BCUT2D eigenvalue weighted by atomic mass is 15.1. The number of aromatic nitrogens is 1. The molecule has 1 aliphatic heterocycles. The molecule has 2 N–H and O–H groups in total. The lowest BCUT2D eigenvalue weighted by Crippen LogP contribution is -2.32. The van der Waals surface area contributed by atoms with Gasteiger partial charge in [-0.25, -0.2) is 4.98 Å². The molecule has 2 rings (SSSR count). The van der Waals surface area contributed by atoms with Crippen molar-refractivity contribution in [3.8, 4) is 0 Å². The van der Waals surface area contributed by atoms with E-state index in [1.165, 1.54) is 0 Å². The number of nitrogen functional groups attached to an aromatic ring is 1. The van der Waals surface area contributed by atoms with Crippen LogP contribution in [-0.4, -0.2) is 18.0 Å². The van der Waals surface area contributed by atoms with E-state index in [0.29, 0.717) is 0 Å². The summed E-state index contributed by atoms with van der Waals surface area (Å²) < 4.78 is 95.3. The maximum absolute atomic E-state index is 8.14. The van der Waals surface area contributed by atoms with Crippen LogP contribution in [-0.2, 0) is 0 Å². The number of rotatable bonds is 1. The zero-order valence-corrected chi connectivity index (χ0v) is 7.20. The van der Waals surface area contributed by atoms with Crippen LogP contribution >= 0.6 is 0 Å². The molecule has 0 saturated carbocycles. The lowest BCUT2D eigenvalue weighted by molar-refractivity contribution is 0.438. The van der Waals surface area contributed by atoms with Crippen molar-refractivity contribution >= 4 is 11.5 Å². The van der Waals surface area contributed by atoms with Gasteiger partial charge in [0.25, 0.3) is 0 Å². The fourth-order valence-electron chi connectivity index (χ4n) is 0.988. The molecule has 0 atom stereocenters. The molecule has 0 spiro atoms. The van der Waals surface area contributed by atoms with Gasteiger partial charge in [0, 0.05) is 47.4 Å². The maximum atomic E-state index is 8.14. The molecule has 1 aliphatic rings. The first-order valence-corrected chi connectivity index (χ1v) is 3.89. The molecule has 3 nitrogen and oxygen atoms in total. The number of nitrogens with two attached hydrogens (primary N) is 1. The fraction of sp³-hybridized carbons (Fsp3) is 0.545. The molecule has 0 amide bonds. The quantitative estimate of drug-likeness (QED) is 0.758. The molecule has 0 radical (unpaired) electrons. The summed E-state index contributed by atoms with van der Waals surface area (Å²) in [4.78, 5) is 3.81. The third-order valence-corrected chi connectivity index (χ3v) is 1.61. The lowest BCUT2D eigenvalue weighted by atomic mass is 9.99. The molecule has 0 aromatic carbocycles. The lowest BCUT2D eigenvalue weighted by Gasteiger charge is -2.32. The molecular formula is C11H17N3. The third kappa shape index (κ3) is 1.97. The molecule has 2 heterocycles. The highest BCUT2D eigenvalue weighted by Crippen LogP contribution is 2.23. The summed E-state index contributed by atoms with van der Waals surface area (Å²) in [6.45, 7) is -10.5. The summed E-state index contributed by atoms with van der Waals surface area (Å²) in [5.74, 6) is -3.90. The summed E-state index contributed by atoms with van der Waals surface area (Å²) in [5.41, 5.74) is 5.16. The smallest absolute Gasteiger partial charge is 0.125 e. The number of piperidine rings is 1. The maximum Gasteiger partial charge on any atom is 0.125 e. The summed E-state index contributed by atoms with van der Waals surface area (Å²) >= 11 is 0. The van der Waals surface area contributed by atoms with E-state index in [1.807, 2.05) is 0 Å². The molecule has 1 fully saturated rings. The minimum Gasteiger partial charge on any atom is -0.384 e. The van der Waals surface area contributed by atoms with Crippen LogP contribution in [0.25, 0.3) is 0 Å². The summed E-state index contributed by atoms with van der Waals surface area (Å²) in [6, 6.07) is 2.10. The first-order valence-electron chi connectivity index (χ1n) is 9.89. The van der Waals surface area contributed by atoms with Crippen molar-refractivity contribution in [3.05, 3.63) is 18.3 Å². The van der Waals surface area contributed by atoms with E-state index < -0.39 is 38.5 Å². The topological polar surface area (TPSA) is 42.2 Å². The second-order valence-electron chi connectivity index (χ2n) is 2.62. The Morgan fingerprint density at radius 3 is 3.14 bits per heavy atom. The molecule has 1 aromatic heterocycles. The Kier molecular flexibility index (Phi) is 0.732. The van der Waals surface area contributed by atoms with Crippen molar-refractivity contribution in [1.29, 1.82) is 0 Å². The molecule has 3 heteroatoms. The largest absolute Gasteiger partial charge is 0.384 e. The van der Waals surface area contributed by atoms with Crippen LogP contribution < -0.4 is 10.6 Å². The highest BCUT2D eigenvalue weighted by Gasteiger charge is 2.15. The molecule has 1 saturated heterocycles. The van der Waals surface area contributed by atoms with Crippen molar-refractivity contribution in [3.63, 3.8) is 0 Å². The minimum absolute atomic E-state index is 0.149. The van der Waals surface area contributed by atoms with E-state index >= 15 is 0 Å². The van der Waals surface area contributed by atoms with Crippen LogP contribution in [0, 0.1) is 5.89 Å². The number of anilines is 2.